The summed E-state index contributed by atoms with van der Waals surface area (Å²) in [4.78, 5) is 21.8. The summed E-state index contributed by atoms with van der Waals surface area (Å²) in [5, 5.41) is 19.0. The van der Waals surface area contributed by atoms with Gasteiger partial charge in [0, 0.05) is 0 Å². The van der Waals surface area contributed by atoms with Crippen LogP contribution in [-0.4, -0.2) is 22.2 Å². The van der Waals surface area contributed by atoms with Gasteiger partial charge in [-0.15, -0.1) is 24.8 Å². The largest absolute Gasteiger partial charge is 0.478 e. The summed E-state index contributed by atoms with van der Waals surface area (Å²) in [7, 11) is 0. The van der Waals surface area contributed by atoms with Gasteiger partial charge < -0.3 is 10.2 Å². The molecule has 0 unspecified atom stereocenters. The van der Waals surface area contributed by atoms with Crippen molar-refractivity contribution in [3.05, 3.63) is 47.5 Å². The van der Waals surface area contributed by atoms with E-state index in [1.807, 2.05) is 0 Å². The minimum absolute atomic E-state index is 0. The van der Waals surface area contributed by atoms with Crippen LogP contribution in [0.2, 0.25) is 0 Å². The van der Waals surface area contributed by atoms with E-state index in [9.17, 15) is 9.59 Å². The predicted octanol–water partition coefficient (Wildman–Crippen LogP) is 3.08. The summed E-state index contributed by atoms with van der Waals surface area (Å²) in [6.07, 6.45) is 0. The standard InChI is InChI=1S/C12H8O4.2ClH/c13-11(14)8-5-7-3-1-2-4-9(7)10(6-8)12(15)16;;/h1-6H,(H,13,14)(H,15,16);2*1H. The van der Waals surface area contributed by atoms with E-state index in [-0.39, 0.29) is 35.9 Å². The van der Waals surface area contributed by atoms with Crippen LogP contribution in [0.3, 0.4) is 0 Å². The Labute approximate surface area is 115 Å². The zero-order chi connectivity index (χ0) is 11.7. The number of fused-ring (bicyclic) bond motifs is 1. The molecule has 0 spiro atoms. The van der Waals surface area contributed by atoms with Gasteiger partial charge in [0.25, 0.3) is 0 Å². The molecule has 96 valence electrons. The molecule has 0 aliphatic carbocycles. The monoisotopic (exact) mass is 288 g/mol. The Morgan fingerprint density at radius 3 is 2.06 bits per heavy atom. The van der Waals surface area contributed by atoms with Crippen molar-refractivity contribution < 1.29 is 19.8 Å². The van der Waals surface area contributed by atoms with E-state index in [1.165, 1.54) is 12.1 Å². The second kappa shape index (κ2) is 6.23. The third kappa shape index (κ3) is 2.91. The Bertz CT molecular complexity index is 596. The molecule has 0 amide bonds. The number of carboxylic acids is 2. The van der Waals surface area contributed by atoms with E-state index in [4.69, 9.17) is 10.2 Å². The van der Waals surface area contributed by atoms with E-state index in [2.05, 4.69) is 0 Å². The second-order valence-corrected chi connectivity index (χ2v) is 3.36. The van der Waals surface area contributed by atoms with Crippen molar-refractivity contribution in [2.24, 2.45) is 0 Å². The van der Waals surface area contributed by atoms with Crippen LogP contribution in [0.1, 0.15) is 20.7 Å². The fraction of sp³-hybridized carbons (Fsp3) is 0. The molecular weight excluding hydrogens is 279 g/mol. The number of halogens is 2. The third-order valence-electron chi connectivity index (χ3n) is 2.34. The molecule has 6 heteroatoms. The van der Waals surface area contributed by atoms with Crippen molar-refractivity contribution in [2.45, 2.75) is 0 Å². The molecule has 18 heavy (non-hydrogen) atoms. The molecule has 0 saturated heterocycles. The van der Waals surface area contributed by atoms with Crippen LogP contribution >= 0.6 is 24.8 Å². The molecule has 0 atom stereocenters. The molecule has 0 radical (unpaired) electrons. The number of hydrogen-bond acceptors (Lipinski definition) is 2. The fourth-order valence-electron chi connectivity index (χ4n) is 1.61. The van der Waals surface area contributed by atoms with Gasteiger partial charge in [0.2, 0.25) is 0 Å². The summed E-state index contributed by atoms with van der Waals surface area (Å²) in [5.41, 5.74) is -0.00778. The highest BCUT2D eigenvalue weighted by Crippen LogP contribution is 2.21. The zero-order valence-corrected chi connectivity index (χ0v) is 10.6. The SMILES string of the molecule is Cl.Cl.O=C(O)c1cc(C(=O)O)c2ccccc2c1. The van der Waals surface area contributed by atoms with Crippen molar-refractivity contribution in [3.8, 4) is 0 Å². The van der Waals surface area contributed by atoms with Crippen molar-refractivity contribution in [1.29, 1.82) is 0 Å². The van der Waals surface area contributed by atoms with Gasteiger partial charge in [-0.1, -0.05) is 24.3 Å². The Balaban J connectivity index is 0.00000144. The maximum absolute atomic E-state index is 11.0. The highest BCUT2D eigenvalue weighted by atomic mass is 35.5. The molecule has 0 bridgehead atoms. The lowest BCUT2D eigenvalue weighted by molar-refractivity contribution is 0.0696. The third-order valence-corrected chi connectivity index (χ3v) is 2.34. The van der Waals surface area contributed by atoms with E-state index in [1.54, 1.807) is 24.3 Å². The molecule has 0 fully saturated rings. The quantitative estimate of drug-likeness (QED) is 0.891. The smallest absolute Gasteiger partial charge is 0.336 e. The lowest BCUT2D eigenvalue weighted by Gasteiger charge is -2.04. The topological polar surface area (TPSA) is 74.6 Å². The minimum Gasteiger partial charge on any atom is -0.478 e. The van der Waals surface area contributed by atoms with Crippen LogP contribution < -0.4 is 0 Å². The number of carbonyl (C=O) groups is 2. The first-order valence-electron chi connectivity index (χ1n) is 4.59. The molecular formula is C12H10Cl2O4. The van der Waals surface area contributed by atoms with Crippen molar-refractivity contribution in [1.82, 2.24) is 0 Å². The Morgan fingerprint density at radius 1 is 0.889 bits per heavy atom. The maximum atomic E-state index is 11.0. The van der Waals surface area contributed by atoms with Gasteiger partial charge in [-0.2, -0.15) is 0 Å². The van der Waals surface area contributed by atoms with Crippen molar-refractivity contribution in [3.63, 3.8) is 0 Å². The molecule has 0 heterocycles. The molecule has 0 aliphatic rings. The van der Waals surface area contributed by atoms with Crippen LogP contribution in [0.25, 0.3) is 10.8 Å². The lowest BCUT2D eigenvalue weighted by atomic mass is 10.0. The summed E-state index contributed by atoms with van der Waals surface area (Å²) in [6.45, 7) is 0. The van der Waals surface area contributed by atoms with Gasteiger partial charge in [0.15, 0.2) is 0 Å². The van der Waals surface area contributed by atoms with E-state index < -0.39 is 11.9 Å². The Hall–Kier alpha value is -1.78. The number of hydrogen-bond donors (Lipinski definition) is 2. The molecule has 2 aromatic carbocycles. The first-order valence-corrected chi connectivity index (χ1v) is 4.59. The highest BCUT2D eigenvalue weighted by Gasteiger charge is 2.13. The first-order chi connectivity index (χ1) is 7.59. The summed E-state index contributed by atoms with van der Waals surface area (Å²) < 4.78 is 0. The summed E-state index contributed by atoms with van der Waals surface area (Å²) in [6, 6.07) is 9.44. The van der Waals surface area contributed by atoms with Crippen molar-refractivity contribution >= 4 is 47.5 Å². The molecule has 4 nitrogen and oxygen atoms in total. The summed E-state index contributed by atoms with van der Waals surface area (Å²) >= 11 is 0. The van der Waals surface area contributed by atoms with Gasteiger partial charge in [0.1, 0.15) is 0 Å². The first kappa shape index (κ1) is 16.2. The Morgan fingerprint density at radius 2 is 1.50 bits per heavy atom. The zero-order valence-electron chi connectivity index (χ0n) is 8.99. The van der Waals surface area contributed by atoms with E-state index in [0.29, 0.717) is 10.8 Å². The molecule has 2 rings (SSSR count). The molecule has 2 N–H and O–H groups in total. The molecule has 0 aromatic heterocycles. The second-order valence-electron chi connectivity index (χ2n) is 3.36. The van der Waals surface area contributed by atoms with Crippen LogP contribution in [0, 0.1) is 0 Å². The molecule has 2 aromatic rings. The fourth-order valence-corrected chi connectivity index (χ4v) is 1.61. The maximum Gasteiger partial charge on any atom is 0.336 e. The van der Waals surface area contributed by atoms with E-state index in [0.717, 1.165) is 0 Å². The van der Waals surface area contributed by atoms with Crippen LogP contribution in [0.15, 0.2) is 36.4 Å². The predicted molar refractivity (Wildman–Crippen MR) is 72.4 cm³/mol. The van der Waals surface area contributed by atoms with Crippen LogP contribution in [0.4, 0.5) is 0 Å². The number of rotatable bonds is 2. The normalized spacial score (nSPS) is 9.11. The molecule has 0 aliphatic heterocycles. The number of benzene rings is 2. The number of aromatic carboxylic acids is 2. The molecule has 0 saturated carbocycles. The highest BCUT2D eigenvalue weighted by molar-refractivity contribution is 6.07. The van der Waals surface area contributed by atoms with Crippen LogP contribution in [-0.2, 0) is 0 Å². The van der Waals surface area contributed by atoms with Gasteiger partial charge in [0.05, 0.1) is 11.1 Å². The average molecular weight is 289 g/mol. The minimum atomic E-state index is -1.13. The van der Waals surface area contributed by atoms with Gasteiger partial charge >= 0.3 is 11.9 Å². The van der Waals surface area contributed by atoms with Gasteiger partial charge in [-0.05, 0) is 22.9 Å². The Kier molecular flexibility index (Phi) is 5.62. The van der Waals surface area contributed by atoms with Crippen LogP contribution in [0.5, 0.6) is 0 Å². The lowest BCUT2D eigenvalue weighted by Crippen LogP contribution is -2.03. The number of carboxylic acid groups (broad SMARTS) is 2. The van der Waals surface area contributed by atoms with Gasteiger partial charge in [-0.25, -0.2) is 9.59 Å². The summed E-state index contributed by atoms with van der Waals surface area (Å²) in [5.74, 6) is -2.26. The van der Waals surface area contributed by atoms with E-state index >= 15 is 0 Å². The van der Waals surface area contributed by atoms with Gasteiger partial charge in [-0.3, -0.25) is 0 Å². The van der Waals surface area contributed by atoms with Crippen molar-refractivity contribution in [2.75, 3.05) is 0 Å². The average Bonchev–Trinajstić information content (AvgIpc) is 2.27.